The Labute approximate surface area is 116 Å². The number of halogens is 2. The molecule has 3 nitrogen and oxygen atoms in total. The first-order valence-electron chi connectivity index (χ1n) is 5.92. The highest BCUT2D eigenvalue weighted by Crippen LogP contribution is 2.25. The van der Waals surface area contributed by atoms with Crippen molar-refractivity contribution in [3.63, 3.8) is 0 Å². The van der Waals surface area contributed by atoms with Crippen molar-refractivity contribution in [2.75, 3.05) is 12.8 Å². The van der Waals surface area contributed by atoms with E-state index in [0.717, 1.165) is 11.1 Å². The highest BCUT2D eigenvalue weighted by molar-refractivity contribution is 6.30. The number of nitrogens with zero attached hydrogens (tertiary/aromatic N) is 1. The van der Waals surface area contributed by atoms with E-state index in [2.05, 4.69) is 10.3 Å². The zero-order valence-electron chi connectivity index (χ0n) is 10.5. The molecule has 0 aliphatic rings. The molecule has 1 aromatic carbocycles. The minimum atomic E-state index is -0.246. The van der Waals surface area contributed by atoms with E-state index in [1.807, 2.05) is 13.1 Å². The van der Waals surface area contributed by atoms with Crippen molar-refractivity contribution in [2.24, 2.45) is 0 Å². The van der Waals surface area contributed by atoms with Gasteiger partial charge in [-0.25, -0.2) is 9.37 Å². The lowest BCUT2D eigenvalue weighted by Gasteiger charge is -2.18. The summed E-state index contributed by atoms with van der Waals surface area (Å²) in [6.45, 7) is 0. The van der Waals surface area contributed by atoms with E-state index in [4.69, 9.17) is 17.3 Å². The van der Waals surface area contributed by atoms with Crippen LogP contribution in [0, 0.1) is 5.82 Å². The number of anilines is 1. The lowest BCUT2D eigenvalue weighted by molar-refractivity contribution is 0.584. The Hall–Kier alpha value is -1.65. The molecule has 0 aliphatic heterocycles. The van der Waals surface area contributed by atoms with Crippen LogP contribution in [0.4, 0.5) is 10.2 Å². The van der Waals surface area contributed by atoms with Crippen LogP contribution in [-0.4, -0.2) is 12.0 Å². The zero-order chi connectivity index (χ0) is 13.8. The number of likely N-dealkylation sites (N-methyl/N-ethyl adjacent to an activating group) is 1. The minimum Gasteiger partial charge on any atom is -0.383 e. The topological polar surface area (TPSA) is 50.9 Å². The highest BCUT2D eigenvalue weighted by Gasteiger charge is 2.15. The Morgan fingerprint density at radius 2 is 2.21 bits per heavy atom. The van der Waals surface area contributed by atoms with Crippen LogP contribution in [0.5, 0.6) is 0 Å². The lowest BCUT2D eigenvalue weighted by Crippen LogP contribution is -2.20. The van der Waals surface area contributed by atoms with Gasteiger partial charge in [-0.3, -0.25) is 0 Å². The largest absolute Gasteiger partial charge is 0.383 e. The first-order valence-corrected chi connectivity index (χ1v) is 6.30. The molecule has 0 saturated carbocycles. The fourth-order valence-electron chi connectivity index (χ4n) is 2.01. The first kappa shape index (κ1) is 13.8. The van der Waals surface area contributed by atoms with Gasteiger partial charge in [0.15, 0.2) is 0 Å². The molecule has 0 aliphatic carbocycles. The summed E-state index contributed by atoms with van der Waals surface area (Å²) in [5.74, 6) is 0.185. The Kier molecular flexibility index (Phi) is 4.35. The average molecular weight is 280 g/mol. The molecule has 0 bridgehead atoms. The molecule has 2 aromatic rings. The number of nitrogen functional groups attached to an aromatic ring is 1. The normalized spacial score (nSPS) is 12.4. The summed E-state index contributed by atoms with van der Waals surface area (Å²) in [5.41, 5.74) is 7.57. The Morgan fingerprint density at radius 3 is 2.89 bits per heavy atom. The predicted octanol–water partition coefficient (Wildman–Crippen LogP) is 2.96. The standard InChI is InChI=1S/C14H15ClFN3/c1-18-13(6-9-3-2-4-11(16)5-9)12-7-10(15)8-19-14(12)17/h2-5,7-8,13,18H,6H2,1H3,(H2,17,19). The fourth-order valence-corrected chi connectivity index (χ4v) is 2.18. The van der Waals surface area contributed by atoms with Crippen molar-refractivity contribution in [3.05, 3.63) is 58.5 Å². The third-order valence-electron chi connectivity index (χ3n) is 2.97. The van der Waals surface area contributed by atoms with E-state index in [0.29, 0.717) is 17.3 Å². The summed E-state index contributed by atoms with van der Waals surface area (Å²) in [5, 5.41) is 3.68. The number of pyridine rings is 1. The van der Waals surface area contributed by atoms with Crippen LogP contribution < -0.4 is 11.1 Å². The Bertz CT molecular complexity index is 574. The molecule has 0 saturated heterocycles. The van der Waals surface area contributed by atoms with E-state index < -0.39 is 0 Å². The Morgan fingerprint density at radius 1 is 1.42 bits per heavy atom. The number of hydrogen-bond acceptors (Lipinski definition) is 3. The molecule has 0 spiro atoms. The van der Waals surface area contributed by atoms with Gasteiger partial charge in [0, 0.05) is 17.8 Å². The maximum Gasteiger partial charge on any atom is 0.128 e. The molecule has 0 radical (unpaired) electrons. The van der Waals surface area contributed by atoms with E-state index in [1.54, 1.807) is 12.1 Å². The Balaban J connectivity index is 2.27. The minimum absolute atomic E-state index is 0.0620. The maximum atomic E-state index is 13.2. The van der Waals surface area contributed by atoms with Crippen LogP contribution in [0.25, 0.3) is 0 Å². The molecule has 2 rings (SSSR count). The van der Waals surface area contributed by atoms with Gasteiger partial charge in [0.05, 0.1) is 5.02 Å². The molecular weight excluding hydrogens is 265 g/mol. The first-order chi connectivity index (χ1) is 9.10. The van der Waals surface area contributed by atoms with Gasteiger partial charge in [0.25, 0.3) is 0 Å². The van der Waals surface area contributed by atoms with Crippen molar-refractivity contribution in [1.82, 2.24) is 10.3 Å². The van der Waals surface area contributed by atoms with E-state index >= 15 is 0 Å². The number of aromatic nitrogens is 1. The maximum absolute atomic E-state index is 13.2. The molecule has 3 N–H and O–H groups in total. The van der Waals surface area contributed by atoms with Crippen molar-refractivity contribution in [1.29, 1.82) is 0 Å². The average Bonchev–Trinajstić information content (AvgIpc) is 2.39. The SMILES string of the molecule is CNC(Cc1cccc(F)c1)c1cc(Cl)cnc1N. The summed E-state index contributed by atoms with van der Waals surface area (Å²) < 4.78 is 13.2. The van der Waals surface area contributed by atoms with Gasteiger partial charge in [0.1, 0.15) is 11.6 Å². The molecule has 0 fully saturated rings. The molecule has 19 heavy (non-hydrogen) atoms. The lowest BCUT2D eigenvalue weighted by atomic mass is 9.99. The van der Waals surface area contributed by atoms with Crippen molar-refractivity contribution in [2.45, 2.75) is 12.5 Å². The summed E-state index contributed by atoms with van der Waals surface area (Å²) in [6, 6.07) is 8.22. The number of benzene rings is 1. The molecule has 100 valence electrons. The third kappa shape index (κ3) is 3.43. The third-order valence-corrected chi connectivity index (χ3v) is 3.18. The van der Waals surface area contributed by atoms with Crippen LogP contribution in [-0.2, 0) is 6.42 Å². The fraction of sp³-hybridized carbons (Fsp3) is 0.214. The molecule has 1 atom stereocenters. The monoisotopic (exact) mass is 279 g/mol. The highest BCUT2D eigenvalue weighted by atomic mass is 35.5. The van der Waals surface area contributed by atoms with Crippen LogP contribution in [0.15, 0.2) is 36.5 Å². The summed E-state index contributed by atoms with van der Waals surface area (Å²) >= 11 is 5.94. The van der Waals surface area contributed by atoms with Crippen LogP contribution in [0.3, 0.4) is 0 Å². The predicted molar refractivity (Wildman–Crippen MR) is 75.6 cm³/mol. The summed E-state index contributed by atoms with van der Waals surface area (Å²) in [6.07, 6.45) is 2.12. The van der Waals surface area contributed by atoms with Crippen molar-refractivity contribution < 1.29 is 4.39 Å². The van der Waals surface area contributed by atoms with Crippen LogP contribution >= 0.6 is 11.6 Å². The molecule has 5 heteroatoms. The van der Waals surface area contributed by atoms with Gasteiger partial charge < -0.3 is 11.1 Å². The molecule has 1 heterocycles. The van der Waals surface area contributed by atoms with Gasteiger partial charge in [-0.2, -0.15) is 0 Å². The second kappa shape index (κ2) is 5.99. The van der Waals surface area contributed by atoms with Gasteiger partial charge in [-0.15, -0.1) is 0 Å². The van der Waals surface area contributed by atoms with E-state index in [-0.39, 0.29) is 11.9 Å². The van der Waals surface area contributed by atoms with Gasteiger partial charge >= 0.3 is 0 Å². The van der Waals surface area contributed by atoms with Gasteiger partial charge in [0.2, 0.25) is 0 Å². The number of hydrogen-bond donors (Lipinski definition) is 2. The number of rotatable bonds is 4. The number of nitrogens with two attached hydrogens (primary N) is 1. The summed E-state index contributed by atoms with van der Waals surface area (Å²) in [4.78, 5) is 4.04. The number of nitrogens with one attached hydrogen (secondary N) is 1. The van der Waals surface area contributed by atoms with E-state index in [9.17, 15) is 4.39 Å². The smallest absolute Gasteiger partial charge is 0.128 e. The molecule has 1 aromatic heterocycles. The van der Waals surface area contributed by atoms with Gasteiger partial charge in [-0.1, -0.05) is 23.7 Å². The molecular formula is C14H15ClFN3. The van der Waals surface area contributed by atoms with Crippen LogP contribution in [0.1, 0.15) is 17.2 Å². The summed E-state index contributed by atoms with van der Waals surface area (Å²) in [7, 11) is 1.82. The quantitative estimate of drug-likeness (QED) is 0.905. The second-order valence-corrected chi connectivity index (χ2v) is 4.74. The van der Waals surface area contributed by atoms with Crippen molar-refractivity contribution >= 4 is 17.4 Å². The zero-order valence-corrected chi connectivity index (χ0v) is 11.3. The van der Waals surface area contributed by atoms with Crippen molar-refractivity contribution in [3.8, 4) is 0 Å². The second-order valence-electron chi connectivity index (χ2n) is 4.30. The molecule has 0 amide bonds. The van der Waals surface area contributed by atoms with E-state index in [1.165, 1.54) is 18.3 Å². The molecule has 1 unspecified atom stereocenters. The van der Waals surface area contributed by atoms with Crippen LogP contribution in [0.2, 0.25) is 5.02 Å². The van der Waals surface area contributed by atoms with Gasteiger partial charge in [-0.05, 0) is 37.2 Å².